The number of benzene rings is 1. The summed E-state index contributed by atoms with van der Waals surface area (Å²) in [6.07, 6.45) is 2.70. The summed E-state index contributed by atoms with van der Waals surface area (Å²) in [4.78, 5) is 10.8. The molecule has 4 heteroatoms. The predicted octanol–water partition coefficient (Wildman–Crippen LogP) is 2.60. The zero-order chi connectivity index (χ0) is 12.4. The first-order valence-corrected chi connectivity index (χ1v) is 6.30. The average molecular weight is 240 g/mol. The van der Waals surface area contributed by atoms with Crippen LogP contribution in [0, 0.1) is 0 Å². The SMILES string of the molecule is CCNc1cc(N2CCc3ccccc32)ncn1. The summed E-state index contributed by atoms with van der Waals surface area (Å²) in [6, 6.07) is 10.5. The molecule has 3 rings (SSSR count). The van der Waals surface area contributed by atoms with Crippen LogP contribution >= 0.6 is 0 Å². The number of fused-ring (bicyclic) bond motifs is 1. The Morgan fingerprint density at radius 3 is 3.06 bits per heavy atom. The number of hydrogen-bond donors (Lipinski definition) is 1. The highest BCUT2D eigenvalue weighted by atomic mass is 15.2. The van der Waals surface area contributed by atoms with E-state index < -0.39 is 0 Å². The Labute approximate surface area is 107 Å². The monoisotopic (exact) mass is 240 g/mol. The Bertz CT molecular complexity index is 553. The van der Waals surface area contributed by atoms with Gasteiger partial charge in [-0.25, -0.2) is 9.97 Å². The fourth-order valence-electron chi connectivity index (χ4n) is 2.35. The molecule has 0 radical (unpaired) electrons. The zero-order valence-corrected chi connectivity index (χ0v) is 10.4. The van der Waals surface area contributed by atoms with Gasteiger partial charge in [-0.2, -0.15) is 0 Å². The summed E-state index contributed by atoms with van der Waals surface area (Å²) < 4.78 is 0. The second-order valence-electron chi connectivity index (χ2n) is 4.32. The Kier molecular flexibility index (Phi) is 2.84. The van der Waals surface area contributed by atoms with Gasteiger partial charge in [0, 0.05) is 24.8 Å². The summed E-state index contributed by atoms with van der Waals surface area (Å²) >= 11 is 0. The van der Waals surface area contributed by atoms with Gasteiger partial charge in [0.05, 0.1) is 0 Å². The molecule has 0 saturated heterocycles. The van der Waals surface area contributed by atoms with Gasteiger partial charge in [-0.05, 0) is 25.0 Å². The molecule has 0 bridgehead atoms. The third kappa shape index (κ3) is 1.90. The van der Waals surface area contributed by atoms with Crippen molar-refractivity contribution in [2.75, 3.05) is 23.3 Å². The lowest BCUT2D eigenvalue weighted by atomic mass is 10.2. The Hall–Kier alpha value is -2.10. The van der Waals surface area contributed by atoms with Crippen LogP contribution in [-0.2, 0) is 6.42 Å². The number of nitrogens with zero attached hydrogens (tertiary/aromatic N) is 3. The summed E-state index contributed by atoms with van der Waals surface area (Å²) in [5.41, 5.74) is 2.65. The van der Waals surface area contributed by atoms with Gasteiger partial charge in [0.25, 0.3) is 0 Å². The minimum Gasteiger partial charge on any atom is -0.370 e. The third-order valence-corrected chi connectivity index (χ3v) is 3.17. The van der Waals surface area contributed by atoms with E-state index in [-0.39, 0.29) is 0 Å². The van der Waals surface area contributed by atoms with Crippen LogP contribution in [0.25, 0.3) is 0 Å². The molecule has 2 aromatic rings. The van der Waals surface area contributed by atoms with E-state index >= 15 is 0 Å². The van der Waals surface area contributed by atoms with Crippen LogP contribution < -0.4 is 10.2 Å². The number of hydrogen-bond acceptors (Lipinski definition) is 4. The van der Waals surface area contributed by atoms with Gasteiger partial charge in [-0.15, -0.1) is 0 Å². The molecule has 1 aliphatic rings. The van der Waals surface area contributed by atoms with Gasteiger partial charge in [0.15, 0.2) is 0 Å². The molecule has 2 heterocycles. The maximum Gasteiger partial charge on any atom is 0.138 e. The van der Waals surface area contributed by atoms with Crippen molar-refractivity contribution in [3.63, 3.8) is 0 Å². The van der Waals surface area contributed by atoms with Crippen molar-refractivity contribution in [2.24, 2.45) is 0 Å². The molecule has 0 saturated carbocycles. The fourth-order valence-corrected chi connectivity index (χ4v) is 2.35. The summed E-state index contributed by atoms with van der Waals surface area (Å²) in [7, 11) is 0. The molecular formula is C14H16N4. The number of nitrogens with one attached hydrogen (secondary N) is 1. The van der Waals surface area contributed by atoms with Gasteiger partial charge in [-0.3, -0.25) is 0 Å². The molecular weight excluding hydrogens is 224 g/mol. The maximum atomic E-state index is 4.38. The van der Waals surface area contributed by atoms with Gasteiger partial charge in [-0.1, -0.05) is 18.2 Å². The summed E-state index contributed by atoms with van der Waals surface area (Å²) in [5, 5.41) is 3.22. The first kappa shape index (κ1) is 11.0. The second-order valence-corrected chi connectivity index (χ2v) is 4.32. The van der Waals surface area contributed by atoms with Gasteiger partial charge >= 0.3 is 0 Å². The second kappa shape index (κ2) is 4.64. The van der Waals surface area contributed by atoms with E-state index in [0.29, 0.717) is 0 Å². The van der Waals surface area contributed by atoms with Crippen LogP contribution in [0.3, 0.4) is 0 Å². The third-order valence-electron chi connectivity index (χ3n) is 3.17. The molecule has 1 aromatic carbocycles. The normalized spacial score (nSPS) is 13.5. The van der Waals surface area contributed by atoms with Crippen molar-refractivity contribution >= 4 is 17.3 Å². The highest BCUT2D eigenvalue weighted by molar-refractivity contribution is 5.68. The van der Waals surface area contributed by atoms with Gasteiger partial charge in [0.2, 0.25) is 0 Å². The molecule has 92 valence electrons. The van der Waals surface area contributed by atoms with Crippen LogP contribution in [0.5, 0.6) is 0 Å². The molecule has 1 N–H and O–H groups in total. The standard InChI is InChI=1S/C14H16N4/c1-2-15-13-9-14(17-10-16-13)18-8-7-11-5-3-4-6-12(11)18/h3-6,9-10H,2,7-8H2,1H3,(H,15,16,17). The van der Waals surface area contributed by atoms with E-state index in [0.717, 1.165) is 31.1 Å². The topological polar surface area (TPSA) is 41.0 Å². The maximum absolute atomic E-state index is 4.38. The van der Waals surface area contributed by atoms with E-state index in [1.807, 2.05) is 6.07 Å². The van der Waals surface area contributed by atoms with Crippen LogP contribution in [-0.4, -0.2) is 23.1 Å². The van der Waals surface area contributed by atoms with Gasteiger partial charge < -0.3 is 10.2 Å². The minimum absolute atomic E-state index is 0.868. The quantitative estimate of drug-likeness (QED) is 0.895. The van der Waals surface area contributed by atoms with Crippen LogP contribution in [0.4, 0.5) is 17.3 Å². The lowest BCUT2D eigenvalue weighted by molar-refractivity contribution is 0.963. The minimum atomic E-state index is 0.868. The molecule has 0 spiro atoms. The van der Waals surface area contributed by atoms with E-state index in [1.54, 1.807) is 6.33 Å². The van der Waals surface area contributed by atoms with Crippen LogP contribution in [0.2, 0.25) is 0 Å². The number of anilines is 3. The molecule has 4 nitrogen and oxygen atoms in total. The Balaban J connectivity index is 1.94. The molecule has 0 fully saturated rings. The van der Waals surface area contributed by atoms with Crippen molar-refractivity contribution in [3.05, 3.63) is 42.2 Å². The van der Waals surface area contributed by atoms with Crippen molar-refractivity contribution in [2.45, 2.75) is 13.3 Å². The molecule has 1 aliphatic heterocycles. The fraction of sp³-hybridized carbons (Fsp3) is 0.286. The molecule has 0 atom stereocenters. The first-order valence-electron chi connectivity index (χ1n) is 6.30. The highest BCUT2D eigenvalue weighted by Gasteiger charge is 2.20. The van der Waals surface area contributed by atoms with E-state index in [1.165, 1.54) is 11.3 Å². The molecule has 18 heavy (non-hydrogen) atoms. The van der Waals surface area contributed by atoms with Crippen LogP contribution in [0.15, 0.2) is 36.7 Å². The zero-order valence-electron chi connectivity index (χ0n) is 10.4. The number of rotatable bonds is 3. The van der Waals surface area contributed by atoms with Gasteiger partial charge in [0.1, 0.15) is 18.0 Å². The predicted molar refractivity (Wildman–Crippen MR) is 73.3 cm³/mol. The Morgan fingerprint density at radius 2 is 2.17 bits per heavy atom. The smallest absolute Gasteiger partial charge is 0.138 e. The largest absolute Gasteiger partial charge is 0.370 e. The lowest BCUT2D eigenvalue weighted by Gasteiger charge is -2.18. The number of para-hydroxylation sites is 1. The lowest BCUT2D eigenvalue weighted by Crippen LogP contribution is -2.15. The average Bonchev–Trinajstić information content (AvgIpc) is 2.83. The van der Waals surface area contributed by atoms with Crippen LogP contribution in [0.1, 0.15) is 12.5 Å². The van der Waals surface area contributed by atoms with Crippen molar-refractivity contribution in [3.8, 4) is 0 Å². The molecule has 0 unspecified atom stereocenters. The molecule has 0 aliphatic carbocycles. The first-order chi connectivity index (χ1) is 8.88. The van der Waals surface area contributed by atoms with E-state index in [9.17, 15) is 0 Å². The Morgan fingerprint density at radius 1 is 1.28 bits per heavy atom. The van der Waals surface area contributed by atoms with Crippen molar-refractivity contribution in [1.29, 1.82) is 0 Å². The van der Waals surface area contributed by atoms with E-state index in [2.05, 4.69) is 51.4 Å². The summed E-state index contributed by atoms with van der Waals surface area (Å²) in [5.74, 6) is 1.85. The molecule has 0 amide bonds. The van der Waals surface area contributed by atoms with E-state index in [4.69, 9.17) is 0 Å². The van der Waals surface area contributed by atoms with Crippen molar-refractivity contribution < 1.29 is 0 Å². The van der Waals surface area contributed by atoms with Crippen molar-refractivity contribution in [1.82, 2.24) is 9.97 Å². The molecule has 1 aromatic heterocycles. The summed E-state index contributed by atoms with van der Waals surface area (Å²) in [6.45, 7) is 3.92. The highest BCUT2D eigenvalue weighted by Crippen LogP contribution is 2.33. The number of aromatic nitrogens is 2.